The molecule has 6 nitrogen and oxygen atoms in total. The first-order valence-electron chi connectivity index (χ1n) is 11.7. The van der Waals surface area contributed by atoms with E-state index >= 15 is 0 Å². The molecule has 32 heavy (non-hydrogen) atoms. The summed E-state index contributed by atoms with van der Waals surface area (Å²) in [5, 5.41) is 3.22. The highest BCUT2D eigenvalue weighted by atomic mass is 16.2. The lowest BCUT2D eigenvalue weighted by Crippen LogP contribution is -2.59. The number of likely N-dealkylation sites (tertiary alicyclic amines) is 1. The average molecular weight is 435 g/mol. The van der Waals surface area contributed by atoms with Crippen LogP contribution in [-0.2, 0) is 4.79 Å². The minimum Gasteiger partial charge on any atom is -0.343 e. The number of urea groups is 1. The van der Waals surface area contributed by atoms with Gasteiger partial charge in [-0.2, -0.15) is 0 Å². The van der Waals surface area contributed by atoms with Crippen molar-refractivity contribution in [3.05, 3.63) is 71.8 Å². The van der Waals surface area contributed by atoms with Gasteiger partial charge in [0.1, 0.15) is 0 Å². The smallest absolute Gasteiger partial charge is 0.317 e. The summed E-state index contributed by atoms with van der Waals surface area (Å²) in [5.41, 5.74) is 2.56. The van der Waals surface area contributed by atoms with Crippen LogP contribution in [0.1, 0.15) is 43.9 Å². The predicted molar refractivity (Wildman–Crippen MR) is 126 cm³/mol. The number of piperidine rings is 1. The van der Waals surface area contributed by atoms with Crippen molar-refractivity contribution in [3.8, 4) is 0 Å². The molecule has 1 unspecified atom stereocenters. The fraction of sp³-hybridized carbons (Fsp3) is 0.462. The zero-order valence-corrected chi connectivity index (χ0v) is 19.1. The second-order valence-corrected chi connectivity index (χ2v) is 8.99. The molecule has 2 fully saturated rings. The first-order valence-corrected chi connectivity index (χ1v) is 11.7. The van der Waals surface area contributed by atoms with Gasteiger partial charge in [-0.1, -0.05) is 60.7 Å². The molecule has 6 heteroatoms. The molecule has 2 aromatic carbocycles. The molecule has 0 aliphatic carbocycles. The molecule has 0 bridgehead atoms. The summed E-state index contributed by atoms with van der Waals surface area (Å²) in [6.45, 7) is 7.55. The van der Waals surface area contributed by atoms with Gasteiger partial charge in [0.15, 0.2) is 0 Å². The molecule has 2 heterocycles. The number of rotatable bonds is 4. The lowest BCUT2D eigenvalue weighted by atomic mass is 9.95. The first-order chi connectivity index (χ1) is 15.5. The van der Waals surface area contributed by atoms with E-state index in [9.17, 15) is 9.59 Å². The molecule has 1 N–H and O–H groups in total. The molecule has 170 valence electrons. The van der Waals surface area contributed by atoms with Crippen LogP contribution >= 0.6 is 0 Å². The lowest BCUT2D eigenvalue weighted by molar-refractivity contribution is -0.129. The fourth-order valence-corrected chi connectivity index (χ4v) is 5.00. The van der Waals surface area contributed by atoms with E-state index in [0.717, 1.165) is 39.0 Å². The van der Waals surface area contributed by atoms with Crippen molar-refractivity contribution in [2.24, 2.45) is 0 Å². The van der Waals surface area contributed by atoms with E-state index in [4.69, 9.17) is 0 Å². The van der Waals surface area contributed by atoms with Gasteiger partial charge in [-0.3, -0.25) is 9.69 Å². The van der Waals surface area contributed by atoms with E-state index in [0.29, 0.717) is 6.54 Å². The zero-order valence-electron chi connectivity index (χ0n) is 19.1. The largest absolute Gasteiger partial charge is 0.343 e. The second-order valence-electron chi connectivity index (χ2n) is 8.99. The molecule has 3 amide bonds. The number of carbonyl (C=O) groups is 2. The van der Waals surface area contributed by atoms with Gasteiger partial charge in [0, 0.05) is 51.7 Å². The number of piperazine rings is 1. The third-order valence-corrected chi connectivity index (χ3v) is 6.78. The minimum absolute atomic E-state index is 0.0226. The maximum absolute atomic E-state index is 13.0. The molecule has 2 saturated heterocycles. The Labute approximate surface area is 191 Å². The van der Waals surface area contributed by atoms with Crippen molar-refractivity contribution < 1.29 is 9.59 Å². The van der Waals surface area contributed by atoms with Gasteiger partial charge in [-0.15, -0.1) is 0 Å². The Hall–Kier alpha value is -2.86. The normalized spacial score (nSPS) is 20.4. The van der Waals surface area contributed by atoms with Crippen molar-refractivity contribution in [1.29, 1.82) is 0 Å². The number of carbonyl (C=O) groups excluding carboxylic acids is 2. The Balaban J connectivity index is 1.39. The molecule has 0 radical (unpaired) electrons. The van der Waals surface area contributed by atoms with Gasteiger partial charge >= 0.3 is 6.03 Å². The number of hydrogen-bond acceptors (Lipinski definition) is 3. The van der Waals surface area contributed by atoms with Crippen molar-refractivity contribution in [2.75, 3.05) is 32.7 Å². The minimum atomic E-state index is 0.0226. The van der Waals surface area contributed by atoms with Crippen LogP contribution < -0.4 is 5.32 Å². The van der Waals surface area contributed by atoms with Gasteiger partial charge in [0.05, 0.1) is 6.04 Å². The monoisotopic (exact) mass is 434 g/mol. The Kier molecular flexibility index (Phi) is 7.10. The molecule has 2 aliphatic rings. The lowest BCUT2D eigenvalue weighted by Gasteiger charge is -2.44. The average Bonchev–Trinajstić information content (AvgIpc) is 2.81. The fourth-order valence-electron chi connectivity index (χ4n) is 5.00. The number of nitrogens with one attached hydrogen (secondary N) is 1. The van der Waals surface area contributed by atoms with Crippen LogP contribution in [0.5, 0.6) is 0 Å². The van der Waals surface area contributed by atoms with Crippen molar-refractivity contribution >= 4 is 11.9 Å². The van der Waals surface area contributed by atoms with Gasteiger partial charge in [-0.25, -0.2) is 4.79 Å². The summed E-state index contributed by atoms with van der Waals surface area (Å²) < 4.78 is 0. The molecule has 2 aliphatic heterocycles. The highest BCUT2D eigenvalue weighted by Gasteiger charge is 2.33. The molecule has 1 atom stereocenters. The molecule has 0 saturated carbocycles. The predicted octanol–water partition coefficient (Wildman–Crippen LogP) is 3.50. The van der Waals surface area contributed by atoms with Gasteiger partial charge in [0.2, 0.25) is 5.91 Å². The van der Waals surface area contributed by atoms with Crippen LogP contribution in [0.2, 0.25) is 0 Å². The zero-order chi connectivity index (χ0) is 22.5. The van der Waals surface area contributed by atoms with E-state index < -0.39 is 0 Å². The van der Waals surface area contributed by atoms with Crippen molar-refractivity contribution in [1.82, 2.24) is 20.0 Å². The van der Waals surface area contributed by atoms with Crippen LogP contribution in [-0.4, -0.2) is 71.4 Å². The molecule has 0 aromatic heterocycles. The standard InChI is InChI=1S/C26H34N4O2/c1-20-19-29(25(22-9-5-3-6-10-22)23-11-7-4-8-12-23)17-18-30(20)26(32)27-24-13-15-28(16-14-24)21(2)31/h3-12,20,24-25H,13-19H2,1-2H3,(H,27,32). The Morgan fingerprint density at radius 1 is 0.875 bits per heavy atom. The SMILES string of the molecule is CC(=O)N1CCC(NC(=O)N2CCN(C(c3ccccc3)c3ccccc3)CC2C)CC1. The van der Waals surface area contributed by atoms with Crippen molar-refractivity contribution in [3.63, 3.8) is 0 Å². The maximum atomic E-state index is 13.0. The summed E-state index contributed by atoms with van der Waals surface area (Å²) in [7, 11) is 0. The molecular weight excluding hydrogens is 400 g/mol. The summed E-state index contributed by atoms with van der Waals surface area (Å²) in [5.74, 6) is 0.117. The van der Waals surface area contributed by atoms with E-state index in [-0.39, 0.29) is 30.1 Å². The highest BCUT2D eigenvalue weighted by Crippen LogP contribution is 2.30. The Morgan fingerprint density at radius 2 is 1.44 bits per heavy atom. The van der Waals surface area contributed by atoms with E-state index in [1.54, 1.807) is 6.92 Å². The third-order valence-electron chi connectivity index (χ3n) is 6.78. The summed E-state index contributed by atoms with van der Waals surface area (Å²) in [6.07, 6.45) is 1.65. The summed E-state index contributed by atoms with van der Waals surface area (Å²) in [4.78, 5) is 30.9. The van der Waals surface area contributed by atoms with E-state index in [1.165, 1.54) is 11.1 Å². The molecular formula is C26H34N4O2. The second kappa shape index (κ2) is 10.2. The quantitative estimate of drug-likeness (QED) is 0.801. The Morgan fingerprint density at radius 3 is 1.94 bits per heavy atom. The van der Waals surface area contributed by atoms with Crippen LogP contribution in [0.25, 0.3) is 0 Å². The van der Waals surface area contributed by atoms with Crippen LogP contribution in [0.3, 0.4) is 0 Å². The molecule has 0 spiro atoms. The van der Waals surface area contributed by atoms with Crippen LogP contribution in [0.4, 0.5) is 4.79 Å². The summed E-state index contributed by atoms with van der Waals surface area (Å²) in [6, 6.07) is 21.7. The first kappa shape index (κ1) is 22.3. The maximum Gasteiger partial charge on any atom is 0.317 e. The topological polar surface area (TPSA) is 55.9 Å². The summed E-state index contributed by atoms with van der Waals surface area (Å²) >= 11 is 0. The van der Waals surface area contributed by atoms with Crippen LogP contribution in [0, 0.1) is 0 Å². The Bertz CT molecular complexity index is 857. The number of amides is 3. The van der Waals surface area contributed by atoms with E-state index in [1.807, 2.05) is 9.80 Å². The van der Waals surface area contributed by atoms with E-state index in [2.05, 4.69) is 77.8 Å². The number of benzene rings is 2. The number of nitrogens with zero attached hydrogens (tertiary/aromatic N) is 3. The van der Waals surface area contributed by atoms with Gasteiger partial charge < -0.3 is 15.1 Å². The molecule has 4 rings (SSSR count). The van der Waals surface area contributed by atoms with Gasteiger partial charge in [0.25, 0.3) is 0 Å². The highest BCUT2D eigenvalue weighted by molar-refractivity contribution is 5.75. The molecule has 2 aromatic rings. The van der Waals surface area contributed by atoms with Crippen molar-refractivity contribution in [2.45, 2.75) is 44.8 Å². The third kappa shape index (κ3) is 5.13. The number of hydrogen-bond donors (Lipinski definition) is 1. The van der Waals surface area contributed by atoms with Gasteiger partial charge in [-0.05, 0) is 30.9 Å². The van der Waals surface area contributed by atoms with Crippen LogP contribution in [0.15, 0.2) is 60.7 Å².